The Morgan fingerprint density at radius 3 is 2.35 bits per heavy atom. The Morgan fingerprint density at radius 1 is 1.05 bits per heavy atom. The molecule has 9 nitrogen and oxygen atoms in total. The van der Waals surface area contributed by atoms with Crippen LogP contribution in [0.4, 0.5) is 20.2 Å². The monoisotopic (exact) mass is 510 g/mol. The van der Waals surface area contributed by atoms with Gasteiger partial charge in [-0.15, -0.1) is 0 Å². The van der Waals surface area contributed by atoms with Crippen LogP contribution in [0.25, 0.3) is 16.6 Å². The van der Waals surface area contributed by atoms with Crippen molar-refractivity contribution in [1.82, 2.24) is 24.2 Å². The number of aryl methyl sites for hydroxylation is 1. The predicted octanol–water partition coefficient (Wildman–Crippen LogP) is 3.78. The minimum Gasteiger partial charge on any atom is -0.493 e. The highest BCUT2D eigenvalue weighted by molar-refractivity contribution is 5.89. The van der Waals surface area contributed by atoms with Crippen LogP contribution in [-0.2, 0) is 13.6 Å². The van der Waals surface area contributed by atoms with Gasteiger partial charge in [0.2, 0.25) is 0 Å². The van der Waals surface area contributed by atoms with Crippen molar-refractivity contribution in [3.8, 4) is 17.2 Å². The summed E-state index contributed by atoms with van der Waals surface area (Å²) in [6.45, 7) is 5.27. The van der Waals surface area contributed by atoms with Gasteiger partial charge in [-0.3, -0.25) is 18.9 Å². The van der Waals surface area contributed by atoms with Crippen molar-refractivity contribution >= 4 is 22.3 Å². The van der Waals surface area contributed by atoms with Gasteiger partial charge in [-0.2, -0.15) is 5.10 Å². The van der Waals surface area contributed by atoms with E-state index in [0.717, 1.165) is 0 Å². The fraction of sp³-hybridized carbons (Fsp3) is 0.346. The van der Waals surface area contributed by atoms with E-state index < -0.39 is 11.6 Å². The van der Waals surface area contributed by atoms with Crippen LogP contribution in [0.1, 0.15) is 19.4 Å². The SMILES string of the molecule is COc1cc(OC)c(F)c(N2CCN(C(C)C)Cc3c2ccc2ncn(-c4cnn(C)c4)c(=O)c32)c1F. The van der Waals surface area contributed by atoms with Crippen molar-refractivity contribution in [2.24, 2.45) is 7.05 Å². The Kier molecular flexibility index (Phi) is 6.32. The first-order valence-electron chi connectivity index (χ1n) is 11.9. The fourth-order valence-electron chi connectivity index (χ4n) is 4.81. The molecule has 0 fully saturated rings. The molecule has 194 valence electrons. The van der Waals surface area contributed by atoms with Gasteiger partial charge in [0.05, 0.1) is 37.0 Å². The lowest BCUT2D eigenvalue weighted by Gasteiger charge is -2.28. The summed E-state index contributed by atoms with van der Waals surface area (Å²) in [7, 11) is 4.39. The van der Waals surface area contributed by atoms with E-state index in [-0.39, 0.29) is 35.3 Å². The van der Waals surface area contributed by atoms with Gasteiger partial charge in [0.15, 0.2) is 23.1 Å². The Labute approximate surface area is 212 Å². The number of rotatable bonds is 5. The third kappa shape index (κ3) is 4.08. The van der Waals surface area contributed by atoms with Crippen molar-refractivity contribution in [3.05, 3.63) is 64.5 Å². The number of anilines is 2. The van der Waals surface area contributed by atoms with Crippen molar-refractivity contribution in [1.29, 1.82) is 0 Å². The van der Waals surface area contributed by atoms with Gasteiger partial charge in [0.1, 0.15) is 12.0 Å². The van der Waals surface area contributed by atoms with Crippen LogP contribution in [0.15, 0.2) is 41.7 Å². The van der Waals surface area contributed by atoms with Gasteiger partial charge >= 0.3 is 0 Å². The molecule has 0 spiro atoms. The largest absolute Gasteiger partial charge is 0.493 e. The van der Waals surface area contributed by atoms with Crippen LogP contribution in [0, 0.1) is 11.6 Å². The Balaban J connectivity index is 1.81. The molecule has 0 amide bonds. The molecular weight excluding hydrogens is 482 g/mol. The molecule has 0 radical (unpaired) electrons. The molecule has 11 heteroatoms. The molecule has 2 aromatic heterocycles. The molecule has 0 unspecified atom stereocenters. The van der Waals surface area contributed by atoms with Gasteiger partial charge < -0.3 is 14.4 Å². The fourth-order valence-corrected chi connectivity index (χ4v) is 4.81. The maximum atomic E-state index is 15.6. The van der Waals surface area contributed by atoms with Crippen LogP contribution in [0.2, 0.25) is 0 Å². The number of ether oxygens (including phenoxy) is 2. The lowest BCUT2D eigenvalue weighted by atomic mass is 10.0. The van der Waals surface area contributed by atoms with Gasteiger partial charge in [0, 0.05) is 56.2 Å². The van der Waals surface area contributed by atoms with Gasteiger partial charge in [-0.25, -0.2) is 13.8 Å². The molecule has 1 aliphatic heterocycles. The van der Waals surface area contributed by atoms with E-state index in [1.54, 1.807) is 41.2 Å². The third-order valence-corrected chi connectivity index (χ3v) is 6.79. The molecule has 0 aliphatic carbocycles. The van der Waals surface area contributed by atoms with Gasteiger partial charge in [0.25, 0.3) is 5.56 Å². The molecule has 1 aliphatic rings. The molecule has 37 heavy (non-hydrogen) atoms. The van der Waals surface area contributed by atoms with Crippen LogP contribution >= 0.6 is 0 Å². The third-order valence-electron chi connectivity index (χ3n) is 6.79. The summed E-state index contributed by atoms with van der Waals surface area (Å²) in [5.41, 5.74) is 1.65. The second-order valence-corrected chi connectivity index (χ2v) is 9.22. The van der Waals surface area contributed by atoms with Crippen LogP contribution in [0.3, 0.4) is 0 Å². The smallest absolute Gasteiger partial charge is 0.266 e. The number of nitrogens with zero attached hydrogens (tertiary/aromatic N) is 6. The number of halogens is 2. The van der Waals surface area contributed by atoms with E-state index in [0.29, 0.717) is 40.9 Å². The minimum atomic E-state index is -0.844. The van der Waals surface area contributed by atoms with Crippen molar-refractivity contribution in [2.75, 3.05) is 32.2 Å². The highest BCUT2D eigenvalue weighted by Crippen LogP contribution is 2.42. The minimum absolute atomic E-state index is 0.120. The Hall–Kier alpha value is -3.99. The highest BCUT2D eigenvalue weighted by Gasteiger charge is 2.31. The Bertz CT molecular complexity index is 1520. The van der Waals surface area contributed by atoms with Gasteiger partial charge in [-0.1, -0.05) is 0 Å². The van der Waals surface area contributed by atoms with E-state index in [4.69, 9.17) is 9.47 Å². The van der Waals surface area contributed by atoms with Gasteiger partial charge in [-0.05, 0) is 26.0 Å². The summed E-state index contributed by atoms with van der Waals surface area (Å²) in [5.74, 6) is -1.96. The first kappa shape index (κ1) is 24.7. The summed E-state index contributed by atoms with van der Waals surface area (Å²) in [6, 6.07) is 4.76. The van der Waals surface area contributed by atoms with Crippen molar-refractivity contribution in [2.45, 2.75) is 26.4 Å². The molecule has 0 atom stereocenters. The summed E-state index contributed by atoms with van der Waals surface area (Å²) < 4.78 is 44.7. The maximum absolute atomic E-state index is 15.6. The van der Waals surface area contributed by atoms with Crippen molar-refractivity contribution < 1.29 is 18.3 Å². The number of aromatic nitrogens is 4. The molecule has 0 saturated heterocycles. The average molecular weight is 511 g/mol. The molecule has 4 aromatic rings. The zero-order valence-electron chi connectivity index (χ0n) is 21.3. The normalized spacial score (nSPS) is 14.2. The topological polar surface area (TPSA) is 77.7 Å². The first-order valence-corrected chi connectivity index (χ1v) is 11.9. The lowest BCUT2D eigenvalue weighted by molar-refractivity contribution is 0.224. The number of benzene rings is 2. The van der Waals surface area contributed by atoms with E-state index in [9.17, 15) is 4.79 Å². The lowest BCUT2D eigenvalue weighted by Crippen LogP contribution is -2.34. The maximum Gasteiger partial charge on any atom is 0.266 e. The van der Waals surface area contributed by atoms with Crippen molar-refractivity contribution in [3.63, 3.8) is 0 Å². The van der Waals surface area contributed by atoms with Crippen LogP contribution in [-0.4, -0.2) is 57.6 Å². The predicted molar refractivity (Wildman–Crippen MR) is 136 cm³/mol. The first-order chi connectivity index (χ1) is 17.7. The number of hydrogen-bond donors (Lipinski definition) is 0. The quantitative estimate of drug-likeness (QED) is 0.405. The molecule has 0 saturated carbocycles. The van der Waals surface area contributed by atoms with E-state index in [1.807, 2.05) is 13.8 Å². The number of hydrogen-bond acceptors (Lipinski definition) is 7. The molecule has 3 heterocycles. The second-order valence-electron chi connectivity index (χ2n) is 9.22. The zero-order chi connectivity index (χ0) is 26.4. The molecule has 0 bridgehead atoms. The molecular formula is C26H28F2N6O3. The Morgan fingerprint density at radius 2 is 1.76 bits per heavy atom. The number of fused-ring (bicyclic) bond motifs is 3. The summed E-state index contributed by atoms with van der Waals surface area (Å²) in [5, 5.41) is 4.55. The summed E-state index contributed by atoms with van der Waals surface area (Å²) in [6.07, 6.45) is 4.77. The zero-order valence-corrected chi connectivity index (χ0v) is 21.3. The molecule has 5 rings (SSSR count). The van der Waals surface area contributed by atoms with Crippen LogP contribution < -0.4 is 19.9 Å². The molecule has 0 N–H and O–H groups in total. The van der Waals surface area contributed by atoms with Crippen LogP contribution in [0.5, 0.6) is 11.5 Å². The molecule has 2 aromatic carbocycles. The van der Waals surface area contributed by atoms with E-state index in [1.165, 1.54) is 31.2 Å². The summed E-state index contributed by atoms with van der Waals surface area (Å²) in [4.78, 5) is 22.1. The second kappa shape index (κ2) is 9.47. The summed E-state index contributed by atoms with van der Waals surface area (Å²) >= 11 is 0. The van der Waals surface area contributed by atoms with E-state index >= 15 is 8.78 Å². The number of methoxy groups -OCH3 is 2. The standard InChI is InChI=1S/C26H28F2N6O3/c1-15(2)32-8-9-33(25-23(27)20(36-4)10-21(37-5)24(25)28)19-7-6-18-22(17(19)13-32)26(35)34(14-29-18)16-11-30-31(3)12-16/h6-7,10-12,14-15H,8-9,13H2,1-5H3. The highest BCUT2D eigenvalue weighted by atomic mass is 19.1. The average Bonchev–Trinajstić information content (AvgIpc) is 3.21. The van der Waals surface area contributed by atoms with E-state index in [2.05, 4.69) is 15.0 Å².